The fraction of sp³-hybridized carbons (Fsp3) is 0.545. The number of thioether (sulfide) groups is 1. The lowest BCUT2D eigenvalue weighted by Crippen LogP contribution is -2.45. The zero-order valence-corrected chi connectivity index (χ0v) is 20.3. The maximum absolute atomic E-state index is 13.7. The molecular formula is C22H30N8O2S. The first-order valence-electron chi connectivity index (χ1n) is 10.8. The van der Waals surface area contributed by atoms with Gasteiger partial charge in [-0.25, -0.2) is 0 Å². The van der Waals surface area contributed by atoms with Crippen molar-refractivity contribution in [2.45, 2.75) is 51.2 Å². The van der Waals surface area contributed by atoms with Crippen LogP contribution in [0.5, 0.6) is 0 Å². The largest absolute Gasteiger partial charge is 0.353 e. The van der Waals surface area contributed by atoms with E-state index < -0.39 is 11.7 Å². The molecule has 2 amide bonds. The Morgan fingerprint density at radius 3 is 2.67 bits per heavy atom. The van der Waals surface area contributed by atoms with Crippen molar-refractivity contribution >= 4 is 29.3 Å². The molecule has 2 aromatic heterocycles. The van der Waals surface area contributed by atoms with Gasteiger partial charge < -0.3 is 5.32 Å². The van der Waals surface area contributed by atoms with Crippen LogP contribution >= 0.6 is 11.8 Å². The number of aromatic amines is 1. The van der Waals surface area contributed by atoms with Crippen molar-refractivity contribution < 1.29 is 9.59 Å². The number of carbonyl (C=O) groups excluding carboxylic acids is 2. The maximum Gasteiger partial charge on any atom is 0.249 e. The van der Waals surface area contributed by atoms with Gasteiger partial charge in [0.05, 0.1) is 23.3 Å². The molecule has 33 heavy (non-hydrogen) atoms. The summed E-state index contributed by atoms with van der Waals surface area (Å²) in [4.78, 5) is 28.5. The molecule has 0 aliphatic carbocycles. The van der Waals surface area contributed by atoms with E-state index in [1.807, 2.05) is 20.1 Å². The summed E-state index contributed by atoms with van der Waals surface area (Å²) >= 11 is 1.63. The minimum atomic E-state index is -0.943. The number of anilines is 1. The van der Waals surface area contributed by atoms with Gasteiger partial charge in [0, 0.05) is 50.7 Å². The Balaban J connectivity index is 1.93. The first-order valence-corrected chi connectivity index (χ1v) is 12.2. The number of amides is 2. The standard InChI is InChI=1S/C22H30N8O2S/c1-6-7-9-22(27-28-22)10-8-19(31)30(18-14-24-29(4)16(18)3)20(17-13-15(2)25-26-17)21(32)23-11-12-33-5/h1,13-14,20H,7-12H2,2-5H3,(H,23,32)(H,25,26). The fourth-order valence-corrected chi connectivity index (χ4v) is 3.88. The maximum atomic E-state index is 13.7. The number of nitrogens with one attached hydrogen (secondary N) is 2. The number of hydrogen-bond acceptors (Lipinski definition) is 7. The molecule has 3 heterocycles. The lowest BCUT2D eigenvalue weighted by molar-refractivity contribution is -0.126. The molecule has 11 heteroatoms. The monoisotopic (exact) mass is 470 g/mol. The molecule has 2 aromatic rings. The van der Waals surface area contributed by atoms with Crippen molar-refractivity contribution in [2.24, 2.45) is 17.3 Å². The number of H-pyrrole nitrogens is 1. The molecule has 0 aromatic carbocycles. The molecular weight excluding hydrogens is 440 g/mol. The van der Waals surface area contributed by atoms with Crippen LogP contribution in [0.25, 0.3) is 0 Å². The second-order valence-corrected chi connectivity index (χ2v) is 9.04. The molecule has 3 rings (SSSR count). The zero-order chi connectivity index (χ0) is 24.0. The van der Waals surface area contributed by atoms with E-state index in [2.05, 4.69) is 36.8 Å². The molecule has 0 bridgehead atoms. The smallest absolute Gasteiger partial charge is 0.249 e. The number of hydrogen-bond donors (Lipinski definition) is 2. The summed E-state index contributed by atoms with van der Waals surface area (Å²) in [5, 5.41) is 22.7. The zero-order valence-electron chi connectivity index (χ0n) is 19.5. The van der Waals surface area contributed by atoms with Gasteiger partial charge in [-0.2, -0.15) is 32.2 Å². The highest BCUT2D eigenvalue weighted by molar-refractivity contribution is 7.98. The molecule has 0 saturated carbocycles. The number of carbonyl (C=O) groups is 2. The molecule has 176 valence electrons. The van der Waals surface area contributed by atoms with E-state index >= 15 is 0 Å². The molecule has 0 spiro atoms. The Bertz CT molecular complexity index is 1060. The molecule has 1 aliphatic heterocycles. The number of aromatic nitrogens is 4. The Morgan fingerprint density at radius 2 is 2.12 bits per heavy atom. The van der Waals surface area contributed by atoms with Gasteiger partial charge in [0.15, 0.2) is 11.7 Å². The van der Waals surface area contributed by atoms with Crippen LogP contribution in [0.15, 0.2) is 22.5 Å². The van der Waals surface area contributed by atoms with Gasteiger partial charge in [-0.1, -0.05) is 0 Å². The van der Waals surface area contributed by atoms with E-state index in [1.165, 1.54) is 4.90 Å². The third-order valence-corrected chi connectivity index (χ3v) is 6.26. The van der Waals surface area contributed by atoms with Gasteiger partial charge in [0.1, 0.15) is 0 Å². The molecule has 2 N–H and O–H groups in total. The number of nitrogens with zero attached hydrogens (tertiary/aromatic N) is 6. The number of aryl methyl sites for hydroxylation is 2. The predicted octanol–water partition coefficient (Wildman–Crippen LogP) is 2.67. The molecule has 0 fully saturated rings. The minimum Gasteiger partial charge on any atom is -0.353 e. The Morgan fingerprint density at radius 1 is 1.36 bits per heavy atom. The van der Waals surface area contributed by atoms with E-state index in [1.54, 1.807) is 35.8 Å². The molecule has 10 nitrogen and oxygen atoms in total. The summed E-state index contributed by atoms with van der Waals surface area (Å²) in [6, 6.07) is 0.840. The third kappa shape index (κ3) is 5.82. The molecule has 1 aliphatic rings. The van der Waals surface area contributed by atoms with E-state index in [4.69, 9.17) is 6.42 Å². The van der Waals surface area contributed by atoms with Crippen molar-refractivity contribution in [1.29, 1.82) is 0 Å². The second-order valence-electron chi connectivity index (χ2n) is 8.05. The first-order chi connectivity index (χ1) is 15.8. The summed E-state index contributed by atoms with van der Waals surface area (Å²) in [7, 11) is 1.80. The Kier molecular flexibility index (Phi) is 7.92. The topological polar surface area (TPSA) is 121 Å². The quantitative estimate of drug-likeness (QED) is 0.365. The van der Waals surface area contributed by atoms with Gasteiger partial charge in [-0.15, -0.1) is 12.3 Å². The van der Waals surface area contributed by atoms with Crippen LogP contribution in [0, 0.1) is 26.2 Å². The SMILES string of the molecule is C#CCCC1(CCC(=O)N(c2cnn(C)c2C)C(C(=O)NCCSC)c2cc(C)[nH]n2)N=N1. The highest BCUT2D eigenvalue weighted by Crippen LogP contribution is 2.39. The van der Waals surface area contributed by atoms with Crippen LogP contribution in [0.2, 0.25) is 0 Å². The average molecular weight is 471 g/mol. The van der Waals surface area contributed by atoms with E-state index in [9.17, 15) is 9.59 Å². The van der Waals surface area contributed by atoms with Crippen LogP contribution in [-0.4, -0.2) is 56.0 Å². The second kappa shape index (κ2) is 10.7. The Labute approximate surface area is 198 Å². The van der Waals surface area contributed by atoms with Crippen LogP contribution in [-0.2, 0) is 16.6 Å². The summed E-state index contributed by atoms with van der Waals surface area (Å²) < 4.78 is 1.67. The van der Waals surface area contributed by atoms with Crippen molar-refractivity contribution in [2.75, 3.05) is 23.5 Å². The lowest BCUT2D eigenvalue weighted by atomic mass is 10.0. The van der Waals surface area contributed by atoms with E-state index in [-0.39, 0.29) is 18.2 Å². The van der Waals surface area contributed by atoms with E-state index in [0.29, 0.717) is 37.2 Å². The number of rotatable bonds is 12. The lowest BCUT2D eigenvalue weighted by Gasteiger charge is -2.30. The fourth-order valence-electron chi connectivity index (χ4n) is 3.57. The van der Waals surface area contributed by atoms with Crippen LogP contribution in [0.1, 0.15) is 48.8 Å². The molecule has 1 unspecified atom stereocenters. The molecule has 1 atom stereocenters. The van der Waals surface area contributed by atoms with Crippen molar-refractivity contribution in [3.8, 4) is 12.3 Å². The summed E-state index contributed by atoms with van der Waals surface area (Å²) in [5.74, 6) is 2.84. The van der Waals surface area contributed by atoms with Gasteiger partial charge in [0.25, 0.3) is 0 Å². The number of terminal acetylenes is 1. The highest BCUT2D eigenvalue weighted by Gasteiger charge is 2.42. The summed E-state index contributed by atoms with van der Waals surface area (Å²) in [6.07, 6.45) is 10.7. The van der Waals surface area contributed by atoms with Crippen LogP contribution in [0.4, 0.5) is 5.69 Å². The predicted molar refractivity (Wildman–Crippen MR) is 128 cm³/mol. The van der Waals surface area contributed by atoms with Gasteiger partial charge in [0.2, 0.25) is 11.8 Å². The summed E-state index contributed by atoms with van der Waals surface area (Å²) in [6.45, 7) is 4.20. The normalized spacial score (nSPS) is 14.5. The van der Waals surface area contributed by atoms with E-state index in [0.717, 1.165) is 17.1 Å². The van der Waals surface area contributed by atoms with Crippen molar-refractivity contribution in [3.63, 3.8) is 0 Å². The molecule has 0 radical (unpaired) electrons. The van der Waals surface area contributed by atoms with Gasteiger partial charge in [-0.3, -0.25) is 24.3 Å². The highest BCUT2D eigenvalue weighted by atomic mass is 32.2. The van der Waals surface area contributed by atoms with Crippen molar-refractivity contribution in [1.82, 2.24) is 25.3 Å². The molecule has 0 saturated heterocycles. The van der Waals surface area contributed by atoms with Gasteiger partial charge >= 0.3 is 0 Å². The van der Waals surface area contributed by atoms with Crippen LogP contribution < -0.4 is 10.2 Å². The van der Waals surface area contributed by atoms with Crippen molar-refractivity contribution in [3.05, 3.63) is 29.3 Å². The van der Waals surface area contributed by atoms with Gasteiger partial charge in [-0.05, 0) is 26.2 Å². The van der Waals surface area contributed by atoms with Crippen LogP contribution in [0.3, 0.4) is 0 Å². The summed E-state index contributed by atoms with van der Waals surface area (Å²) in [5.41, 5.74) is 2.01. The first kappa shape index (κ1) is 24.5. The third-order valence-electron chi connectivity index (χ3n) is 5.65. The minimum absolute atomic E-state index is 0.157. The average Bonchev–Trinajstić information content (AvgIpc) is 3.33. The Hall–Kier alpha value is -3.13.